The highest BCUT2D eigenvalue weighted by Gasteiger charge is 2.47. The largest absolute Gasteiger partial charge is 0.479 e. The molecule has 0 aromatic rings. The van der Waals surface area contributed by atoms with Crippen LogP contribution in [0.3, 0.4) is 0 Å². The number of carbonyl (C=O) groups excluding carboxylic acids is 2. The van der Waals surface area contributed by atoms with Gasteiger partial charge in [-0.2, -0.15) is 0 Å². The van der Waals surface area contributed by atoms with E-state index in [1.54, 1.807) is 0 Å². The summed E-state index contributed by atoms with van der Waals surface area (Å²) in [6.07, 6.45) is 0.918. The molecule has 0 unspecified atom stereocenters. The normalized spacial score (nSPS) is 20.6. The molecular weight excluding hydrogens is 416 g/mol. The lowest BCUT2D eigenvalue weighted by atomic mass is 9.97. The lowest BCUT2D eigenvalue weighted by Crippen LogP contribution is -2.72. The number of aliphatic carboxylic acids is 1. The molecule has 0 aromatic heterocycles. The molecule has 0 saturated carbocycles. The first kappa shape index (κ1) is 19.8. The second-order valence-electron chi connectivity index (χ2n) is 4.86. The molecule has 2 N–H and O–H groups in total. The van der Waals surface area contributed by atoms with Crippen LogP contribution in [-0.4, -0.2) is 83.8 Å². The number of carbonyl (C=O) groups is 3. The van der Waals surface area contributed by atoms with Crippen LogP contribution in [-0.2, 0) is 29.0 Å². The van der Waals surface area contributed by atoms with Gasteiger partial charge in [0.2, 0.25) is 11.8 Å². The van der Waals surface area contributed by atoms with E-state index in [4.69, 9.17) is 22.1 Å². The predicted octanol–water partition coefficient (Wildman–Crippen LogP) is -1.45. The molecule has 0 aliphatic carbocycles. The van der Waals surface area contributed by atoms with Crippen LogP contribution >= 0.6 is 28.1 Å². The number of carboxylic acid groups (broad SMARTS) is 1. The van der Waals surface area contributed by atoms with Crippen molar-refractivity contribution in [2.75, 3.05) is 30.5 Å². The Morgan fingerprint density at radius 3 is 2.57 bits per heavy atom. The maximum Gasteiger partial charge on any atom is 0.341 e. The first-order valence-electron chi connectivity index (χ1n) is 6.26. The summed E-state index contributed by atoms with van der Waals surface area (Å²) >= 11 is 8.04. The topological polar surface area (TPSA) is 130 Å². The number of ether oxygens (including phenoxy) is 1. The monoisotopic (exact) mass is 430 g/mol. The second kappa shape index (κ2) is 8.02. The van der Waals surface area contributed by atoms with Crippen LogP contribution < -0.4 is 5.32 Å². The molecule has 2 atom stereocenters. The predicted molar refractivity (Wildman–Crippen MR) is 87.1 cm³/mol. The lowest BCUT2D eigenvalue weighted by Gasteiger charge is -2.46. The van der Waals surface area contributed by atoms with Gasteiger partial charge in [0.05, 0.1) is 12.6 Å². The van der Waals surface area contributed by atoms with Gasteiger partial charge in [0.25, 0.3) is 0 Å². The third kappa shape index (κ3) is 6.03. The number of hydrogen-bond donors (Lipinski definition) is 2. The molecule has 23 heavy (non-hydrogen) atoms. The first-order chi connectivity index (χ1) is 10.5. The minimum absolute atomic E-state index is 0.0624. The highest BCUT2D eigenvalue weighted by atomic mass is 79.9. The van der Waals surface area contributed by atoms with Gasteiger partial charge >= 0.3 is 5.97 Å². The molecule has 1 fully saturated rings. The quantitative estimate of drug-likeness (QED) is 0.271. The number of amides is 2. The second-order valence-corrected chi connectivity index (χ2v) is 8.10. The summed E-state index contributed by atoms with van der Waals surface area (Å²) in [4.78, 5) is 35.3. The Bertz CT molecular complexity index is 622. The van der Waals surface area contributed by atoms with Crippen molar-refractivity contribution in [1.29, 1.82) is 0 Å². The van der Waals surface area contributed by atoms with Gasteiger partial charge in [-0.1, -0.05) is 15.9 Å². The molecule has 0 aromatic carbocycles. The van der Waals surface area contributed by atoms with Gasteiger partial charge in [0.15, 0.2) is 21.5 Å². The summed E-state index contributed by atoms with van der Waals surface area (Å²) in [6, 6.07) is -1.29. The molecular formula is C11H15BrN2O7S2. The summed E-state index contributed by atoms with van der Waals surface area (Å²) in [7, 11) is -3.49. The van der Waals surface area contributed by atoms with E-state index >= 15 is 0 Å². The van der Waals surface area contributed by atoms with Crippen LogP contribution in [0.4, 0.5) is 0 Å². The average Bonchev–Trinajstić information content (AvgIpc) is 2.41. The molecule has 2 amide bonds. The highest BCUT2D eigenvalue weighted by molar-refractivity contribution is 9.09. The Labute approximate surface area is 146 Å². The molecule has 9 nitrogen and oxygen atoms in total. The highest BCUT2D eigenvalue weighted by Crippen LogP contribution is 2.22. The van der Waals surface area contributed by atoms with Gasteiger partial charge in [-0.05, 0) is 12.2 Å². The smallest absolute Gasteiger partial charge is 0.341 e. The number of nitrogens with one attached hydrogen (secondary N) is 1. The lowest BCUT2D eigenvalue weighted by molar-refractivity contribution is -0.150. The van der Waals surface area contributed by atoms with Crippen molar-refractivity contribution in [2.24, 2.45) is 0 Å². The number of nitrogens with zero attached hydrogens (tertiary/aromatic N) is 1. The van der Waals surface area contributed by atoms with Gasteiger partial charge in [0.1, 0.15) is 11.8 Å². The SMILES string of the molecule is CS(=O)(=O)CC(=O)N[C@H]1C(=O)N(CC(=S)OCC(=O)O)[C@H]1CBr. The minimum Gasteiger partial charge on any atom is -0.479 e. The van der Waals surface area contributed by atoms with E-state index in [9.17, 15) is 22.8 Å². The van der Waals surface area contributed by atoms with Crippen LogP contribution in [0.15, 0.2) is 0 Å². The number of β-lactam (4-membered cyclic amide) rings is 1. The standard InChI is InChI=1S/C11H15BrN2O7S2/c1-23(19,20)5-7(15)13-10-6(2-12)14(11(10)18)3-9(22)21-4-8(16)17/h6,10H,2-5H2,1H3,(H,13,15)(H,16,17)/t6-,10+/m0/s1. The van der Waals surface area contributed by atoms with E-state index < -0.39 is 52.1 Å². The van der Waals surface area contributed by atoms with Crippen LogP contribution in [0.2, 0.25) is 0 Å². The summed E-state index contributed by atoms with van der Waals surface area (Å²) in [6.45, 7) is -0.690. The van der Waals surface area contributed by atoms with E-state index in [0.717, 1.165) is 6.26 Å². The van der Waals surface area contributed by atoms with Gasteiger partial charge in [-0.3, -0.25) is 9.59 Å². The van der Waals surface area contributed by atoms with Gasteiger partial charge in [-0.25, -0.2) is 13.2 Å². The zero-order valence-corrected chi connectivity index (χ0v) is 15.2. The van der Waals surface area contributed by atoms with Gasteiger partial charge in [0, 0.05) is 11.6 Å². The number of sulfone groups is 1. The van der Waals surface area contributed by atoms with Crippen molar-refractivity contribution in [3.05, 3.63) is 0 Å². The molecule has 130 valence electrons. The third-order valence-electron chi connectivity index (χ3n) is 2.86. The molecule has 1 rings (SSSR count). The zero-order valence-electron chi connectivity index (χ0n) is 12.0. The number of likely N-dealkylation sites (tertiary alicyclic amines) is 1. The molecule has 1 saturated heterocycles. The van der Waals surface area contributed by atoms with Gasteiger partial charge < -0.3 is 20.1 Å². The summed E-state index contributed by atoms with van der Waals surface area (Å²) in [5, 5.41) is 11.1. The number of carboxylic acids is 1. The van der Waals surface area contributed by atoms with Gasteiger partial charge in [-0.15, -0.1) is 0 Å². The molecule has 1 heterocycles. The summed E-state index contributed by atoms with van der Waals surface area (Å²) < 4.78 is 26.9. The number of rotatable bonds is 8. The maximum atomic E-state index is 12.0. The average molecular weight is 431 g/mol. The zero-order chi connectivity index (χ0) is 17.8. The van der Waals surface area contributed by atoms with E-state index in [0.29, 0.717) is 5.33 Å². The molecule has 0 bridgehead atoms. The van der Waals surface area contributed by atoms with Crippen LogP contribution in [0.1, 0.15) is 0 Å². The fourth-order valence-electron chi connectivity index (χ4n) is 1.91. The van der Waals surface area contributed by atoms with Crippen LogP contribution in [0, 0.1) is 0 Å². The number of thiocarbonyl (C=S) groups is 1. The fraction of sp³-hybridized carbons (Fsp3) is 0.636. The summed E-state index contributed by atoms with van der Waals surface area (Å²) in [5.41, 5.74) is 0. The van der Waals surface area contributed by atoms with Crippen LogP contribution in [0.25, 0.3) is 0 Å². The minimum atomic E-state index is -3.49. The fourth-order valence-corrected chi connectivity index (χ4v) is 3.39. The van der Waals surface area contributed by atoms with E-state index in [1.807, 2.05) is 0 Å². The molecule has 0 radical (unpaired) electrons. The molecule has 1 aliphatic heterocycles. The van der Waals surface area contributed by atoms with Crippen molar-refractivity contribution in [1.82, 2.24) is 10.2 Å². The van der Waals surface area contributed by atoms with Crippen molar-refractivity contribution < 1.29 is 32.6 Å². The van der Waals surface area contributed by atoms with Crippen molar-refractivity contribution in [3.8, 4) is 0 Å². The van der Waals surface area contributed by atoms with Crippen molar-refractivity contribution in [3.63, 3.8) is 0 Å². The summed E-state index contributed by atoms with van der Waals surface area (Å²) in [5.74, 6) is -3.10. The Morgan fingerprint density at radius 2 is 2.09 bits per heavy atom. The van der Waals surface area contributed by atoms with Crippen molar-refractivity contribution >= 4 is 60.8 Å². The van der Waals surface area contributed by atoms with E-state index in [2.05, 4.69) is 21.2 Å². The maximum absolute atomic E-state index is 12.0. The van der Waals surface area contributed by atoms with Crippen LogP contribution in [0.5, 0.6) is 0 Å². The molecule has 0 spiro atoms. The van der Waals surface area contributed by atoms with E-state index in [1.165, 1.54) is 4.90 Å². The third-order valence-corrected chi connectivity index (χ3v) is 4.56. The first-order valence-corrected chi connectivity index (χ1v) is 9.85. The number of alkyl halides is 1. The Morgan fingerprint density at radius 1 is 1.48 bits per heavy atom. The van der Waals surface area contributed by atoms with E-state index in [-0.39, 0.29) is 11.6 Å². The number of halogens is 1. The number of hydrogen-bond acceptors (Lipinski definition) is 7. The Hall–Kier alpha value is -1.27. The van der Waals surface area contributed by atoms with Crippen molar-refractivity contribution in [2.45, 2.75) is 12.1 Å². The molecule has 12 heteroatoms. The Kier molecular flexibility index (Phi) is 6.89. The molecule has 1 aliphatic rings. The Balaban J connectivity index is 2.58.